The van der Waals surface area contributed by atoms with Crippen LogP contribution in [0.2, 0.25) is 0 Å². The molecule has 0 spiro atoms. The Kier molecular flexibility index (Phi) is 4.55. The summed E-state index contributed by atoms with van der Waals surface area (Å²) in [5.41, 5.74) is 0. The summed E-state index contributed by atoms with van der Waals surface area (Å²) < 4.78 is 4.40. The molecule has 0 radical (unpaired) electrons. The highest BCUT2D eigenvalue weighted by atomic mass is 16.8. The van der Waals surface area contributed by atoms with Crippen LogP contribution in [0.4, 0.5) is 0 Å². The molecule has 0 amide bonds. The maximum atomic E-state index is 8.71. The second kappa shape index (κ2) is 4.66. The van der Waals surface area contributed by atoms with Crippen LogP contribution in [-0.4, -0.2) is 30.4 Å². The Morgan fingerprint density at radius 2 is 2.33 bits per heavy atom. The second-order valence-corrected chi connectivity index (χ2v) is 1.34. The van der Waals surface area contributed by atoms with Crippen molar-refractivity contribution in [2.24, 2.45) is 5.84 Å². The highest BCUT2D eigenvalue weighted by Gasteiger charge is 2.08. The number of ether oxygens (including phenoxy) is 1. The molecule has 5 heteroatoms. The van der Waals surface area contributed by atoms with Crippen molar-refractivity contribution in [3.05, 3.63) is 0 Å². The molecule has 0 fully saturated rings. The summed E-state index contributed by atoms with van der Waals surface area (Å²) >= 11 is 0. The molecule has 5 nitrogen and oxygen atoms in total. The maximum absolute atomic E-state index is 8.71. The van der Waals surface area contributed by atoms with E-state index < -0.39 is 6.41 Å². The molecular weight excluding hydrogens is 124 g/mol. The van der Waals surface area contributed by atoms with Gasteiger partial charge in [0.15, 0.2) is 0 Å². The van der Waals surface area contributed by atoms with E-state index in [1.165, 1.54) is 7.11 Å². The molecule has 0 bridgehead atoms. The van der Waals surface area contributed by atoms with Crippen LogP contribution in [-0.2, 0) is 9.57 Å². The van der Waals surface area contributed by atoms with E-state index in [0.717, 1.165) is 5.17 Å². The number of hydrogen-bond donors (Lipinski definition) is 2. The van der Waals surface area contributed by atoms with Gasteiger partial charge in [-0.05, 0) is 6.92 Å². The van der Waals surface area contributed by atoms with Gasteiger partial charge in [-0.2, -0.15) is 0 Å². The van der Waals surface area contributed by atoms with Crippen LogP contribution in [0.3, 0.4) is 0 Å². The van der Waals surface area contributed by atoms with Crippen LogP contribution in [0.25, 0.3) is 0 Å². The number of hydrogen-bond acceptors (Lipinski definition) is 5. The molecule has 9 heavy (non-hydrogen) atoms. The SMILES string of the molecule is CCON(N)C(O)OC. The molecule has 1 atom stereocenters. The van der Waals surface area contributed by atoms with E-state index in [2.05, 4.69) is 9.57 Å². The summed E-state index contributed by atoms with van der Waals surface area (Å²) in [4.78, 5) is 4.63. The van der Waals surface area contributed by atoms with Gasteiger partial charge >= 0.3 is 0 Å². The molecule has 0 heterocycles. The lowest BCUT2D eigenvalue weighted by atomic mass is 10.9. The van der Waals surface area contributed by atoms with Crippen LogP contribution < -0.4 is 5.84 Å². The van der Waals surface area contributed by atoms with Crippen molar-refractivity contribution in [1.82, 2.24) is 5.17 Å². The van der Waals surface area contributed by atoms with Crippen molar-refractivity contribution < 1.29 is 14.7 Å². The molecule has 0 saturated carbocycles. The van der Waals surface area contributed by atoms with Gasteiger partial charge < -0.3 is 9.84 Å². The van der Waals surface area contributed by atoms with Gasteiger partial charge in [-0.3, -0.25) is 4.84 Å². The van der Waals surface area contributed by atoms with Crippen molar-refractivity contribution in [2.75, 3.05) is 13.7 Å². The first-order valence-corrected chi connectivity index (χ1v) is 2.60. The molecule has 0 aromatic heterocycles. The first-order chi connectivity index (χ1) is 4.22. The third-order valence-electron chi connectivity index (χ3n) is 0.707. The Labute approximate surface area is 53.9 Å². The molecule has 0 aliphatic carbocycles. The number of hydrazine groups is 1. The quantitative estimate of drug-likeness (QED) is 0.296. The van der Waals surface area contributed by atoms with Gasteiger partial charge in [-0.25, -0.2) is 5.84 Å². The third kappa shape index (κ3) is 3.39. The normalized spacial score (nSPS) is 14.3. The van der Waals surface area contributed by atoms with E-state index in [-0.39, 0.29) is 0 Å². The highest BCUT2D eigenvalue weighted by Crippen LogP contribution is 1.88. The Morgan fingerprint density at radius 1 is 1.78 bits per heavy atom. The molecule has 1 unspecified atom stereocenters. The van der Waals surface area contributed by atoms with Crippen molar-refractivity contribution >= 4 is 0 Å². The lowest BCUT2D eigenvalue weighted by Gasteiger charge is -2.18. The summed E-state index contributed by atoms with van der Waals surface area (Å²) in [7, 11) is 1.32. The summed E-state index contributed by atoms with van der Waals surface area (Å²) in [5.74, 6) is 5.07. The van der Waals surface area contributed by atoms with E-state index in [0.29, 0.717) is 6.61 Å². The topological polar surface area (TPSA) is 68.0 Å². The number of hydroxylamine groups is 1. The van der Waals surface area contributed by atoms with Gasteiger partial charge in [0.2, 0.25) is 0 Å². The summed E-state index contributed by atoms with van der Waals surface area (Å²) in [6.07, 6.45) is -1.19. The van der Waals surface area contributed by atoms with Crippen LogP contribution in [0.15, 0.2) is 0 Å². The number of aliphatic hydroxyl groups is 1. The van der Waals surface area contributed by atoms with Gasteiger partial charge in [0.25, 0.3) is 6.41 Å². The summed E-state index contributed by atoms with van der Waals surface area (Å²) in [5, 5.41) is 9.45. The molecule has 3 N–H and O–H groups in total. The Balaban J connectivity index is 3.32. The van der Waals surface area contributed by atoms with E-state index in [4.69, 9.17) is 10.9 Å². The minimum atomic E-state index is -1.19. The van der Waals surface area contributed by atoms with Gasteiger partial charge in [-0.1, -0.05) is 5.17 Å². The molecule has 0 aliphatic rings. The standard InChI is InChI=1S/C4H12N2O3/c1-3-9-6(5)4(7)8-2/h4,7H,3,5H2,1-2H3. The largest absolute Gasteiger partial charge is 0.353 e. The first kappa shape index (κ1) is 8.80. The van der Waals surface area contributed by atoms with Crippen molar-refractivity contribution in [1.29, 1.82) is 0 Å². The predicted molar refractivity (Wildman–Crippen MR) is 30.7 cm³/mol. The van der Waals surface area contributed by atoms with Gasteiger partial charge in [0.05, 0.1) is 6.61 Å². The molecule has 0 saturated heterocycles. The van der Waals surface area contributed by atoms with Gasteiger partial charge in [0, 0.05) is 7.11 Å². The average Bonchev–Trinajstić information content (AvgIpc) is 1.87. The van der Waals surface area contributed by atoms with Crippen LogP contribution in [0.1, 0.15) is 6.92 Å². The number of rotatable bonds is 4. The zero-order valence-electron chi connectivity index (χ0n) is 5.57. The Morgan fingerprint density at radius 3 is 2.67 bits per heavy atom. The van der Waals surface area contributed by atoms with Crippen LogP contribution in [0, 0.1) is 0 Å². The lowest BCUT2D eigenvalue weighted by molar-refractivity contribution is -0.317. The molecule has 0 aromatic carbocycles. The van der Waals surface area contributed by atoms with E-state index in [1.807, 2.05) is 0 Å². The fraction of sp³-hybridized carbons (Fsp3) is 1.00. The minimum Gasteiger partial charge on any atom is -0.353 e. The minimum absolute atomic E-state index is 0.400. The average molecular weight is 136 g/mol. The molecule has 0 rings (SSSR count). The van der Waals surface area contributed by atoms with E-state index in [9.17, 15) is 0 Å². The Hall–Kier alpha value is -0.200. The molecular formula is C4H12N2O3. The van der Waals surface area contributed by atoms with Crippen LogP contribution >= 0.6 is 0 Å². The smallest absolute Gasteiger partial charge is 0.252 e. The number of nitrogens with two attached hydrogens (primary N) is 1. The predicted octanol–water partition coefficient (Wildman–Crippen LogP) is -0.964. The fourth-order valence-electron chi connectivity index (χ4n) is 0.317. The fourth-order valence-corrected chi connectivity index (χ4v) is 0.317. The van der Waals surface area contributed by atoms with Crippen molar-refractivity contribution in [2.45, 2.75) is 13.3 Å². The van der Waals surface area contributed by atoms with E-state index >= 15 is 0 Å². The summed E-state index contributed by atoms with van der Waals surface area (Å²) in [6.45, 7) is 2.15. The van der Waals surface area contributed by atoms with Gasteiger partial charge in [0.1, 0.15) is 0 Å². The maximum Gasteiger partial charge on any atom is 0.252 e. The van der Waals surface area contributed by atoms with Crippen LogP contribution in [0.5, 0.6) is 0 Å². The number of aliphatic hydroxyl groups excluding tert-OH is 1. The lowest BCUT2D eigenvalue weighted by Crippen LogP contribution is -2.41. The molecule has 0 aromatic rings. The monoisotopic (exact) mass is 136 g/mol. The highest BCUT2D eigenvalue weighted by molar-refractivity contribution is 4.20. The van der Waals surface area contributed by atoms with E-state index in [1.54, 1.807) is 6.92 Å². The first-order valence-electron chi connectivity index (χ1n) is 2.60. The summed E-state index contributed by atoms with van der Waals surface area (Å²) in [6, 6.07) is 0. The zero-order valence-corrected chi connectivity index (χ0v) is 5.57. The zero-order chi connectivity index (χ0) is 7.28. The van der Waals surface area contributed by atoms with Crippen molar-refractivity contribution in [3.8, 4) is 0 Å². The number of nitrogens with zero attached hydrogens (tertiary/aromatic N) is 1. The van der Waals surface area contributed by atoms with Gasteiger partial charge in [-0.15, -0.1) is 0 Å². The van der Waals surface area contributed by atoms with Crippen molar-refractivity contribution in [3.63, 3.8) is 0 Å². The molecule has 0 aliphatic heterocycles. The third-order valence-corrected chi connectivity index (χ3v) is 0.707. The molecule has 56 valence electrons. The Bertz CT molecular complexity index is 70.8. The number of methoxy groups -OCH3 is 1. The second-order valence-electron chi connectivity index (χ2n) is 1.34.